The Hall–Kier alpha value is -0.370. The summed E-state index contributed by atoms with van der Waals surface area (Å²) in [5.74, 6) is 0. The molecule has 0 aromatic carbocycles. The number of carbonyl (C=O) groups is 1. The molecule has 2 nitrogen and oxygen atoms in total. The third kappa shape index (κ3) is 5.63. The highest BCUT2D eigenvalue weighted by Gasteiger charge is 1.77. The van der Waals surface area contributed by atoms with Crippen LogP contribution in [-0.2, 0) is 9.53 Å². The van der Waals surface area contributed by atoms with E-state index >= 15 is 0 Å². The van der Waals surface area contributed by atoms with Crippen LogP contribution in [0.4, 0.5) is 0 Å². The number of carbonyl (C=O) groups excluding carboxylic acids is 1. The van der Waals surface area contributed by atoms with Gasteiger partial charge in [-0.25, -0.2) is 0 Å². The fraction of sp³-hybridized carbons (Fsp3) is 0.600. The van der Waals surface area contributed by atoms with Crippen molar-refractivity contribution in [3.63, 3.8) is 0 Å². The van der Waals surface area contributed by atoms with Gasteiger partial charge in [-0.3, -0.25) is 0 Å². The zero-order valence-electron chi connectivity index (χ0n) is 4.09. The van der Waals surface area contributed by atoms with E-state index in [0.717, 1.165) is 0 Å². The molecule has 0 spiro atoms. The normalized spacial score (nSPS) is 8.71. The molecular formula is C5H8O2. The summed E-state index contributed by atoms with van der Waals surface area (Å²) in [6.45, 7) is 5.66. The Kier molecular flexibility index (Phi) is 5.33. The molecule has 0 unspecified atom stereocenters. The molecule has 2 radical (unpaired) electrons. The first-order chi connectivity index (χ1) is 3.41. The fourth-order valence-electron chi connectivity index (χ4n) is 0.215. The molecule has 7 heavy (non-hydrogen) atoms. The average molecular weight is 100 g/mol. The molecule has 0 saturated carbocycles. The van der Waals surface area contributed by atoms with Crippen LogP contribution in [-0.4, -0.2) is 19.5 Å². The second-order valence-corrected chi connectivity index (χ2v) is 1.03. The van der Waals surface area contributed by atoms with Crippen LogP contribution >= 0.6 is 0 Å². The SMILES string of the molecule is [CH]CCOCC=O. The standard InChI is InChI=1S/C5H8O2/c1-2-4-7-5-3-6/h1,3H,2,4-5H2. The molecule has 0 heterocycles. The molecule has 0 saturated heterocycles. The van der Waals surface area contributed by atoms with Crippen LogP contribution < -0.4 is 0 Å². The number of rotatable bonds is 4. The monoisotopic (exact) mass is 100 g/mol. The minimum Gasteiger partial charge on any atom is -0.374 e. The van der Waals surface area contributed by atoms with Crippen LogP contribution in [0.3, 0.4) is 0 Å². The summed E-state index contributed by atoms with van der Waals surface area (Å²) in [7, 11) is 0. The van der Waals surface area contributed by atoms with Crippen molar-refractivity contribution in [3.8, 4) is 0 Å². The number of hydrogen-bond donors (Lipinski definition) is 0. The fourth-order valence-corrected chi connectivity index (χ4v) is 0.215. The summed E-state index contributed by atoms with van der Waals surface area (Å²) in [4.78, 5) is 9.51. The summed E-state index contributed by atoms with van der Waals surface area (Å²) >= 11 is 0. The van der Waals surface area contributed by atoms with Gasteiger partial charge in [0, 0.05) is 6.61 Å². The molecule has 0 bridgehead atoms. The van der Waals surface area contributed by atoms with E-state index in [1.807, 2.05) is 0 Å². The highest BCUT2D eigenvalue weighted by Crippen LogP contribution is 1.74. The van der Waals surface area contributed by atoms with Gasteiger partial charge in [0.1, 0.15) is 12.9 Å². The first-order valence-electron chi connectivity index (χ1n) is 2.13. The van der Waals surface area contributed by atoms with Gasteiger partial charge in [0.25, 0.3) is 0 Å². The Morgan fingerprint density at radius 2 is 2.43 bits per heavy atom. The summed E-state index contributed by atoms with van der Waals surface area (Å²) in [5.41, 5.74) is 0. The second kappa shape index (κ2) is 5.63. The van der Waals surface area contributed by atoms with E-state index in [1.165, 1.54) is 0 Å². The lowest BCUT2D eigenvalue weighted by Crippen LogP contribution is -1.94. The van der Waals surface area contributed by atoms with Crippen LogP contribution in [0.25, 0.3) is 0 Å². The third-order valence-electron chi connectivity index (χ3n) is 0.448. The minimum atomic E-state index is 0.164. The van der Waals surface area contributed by atoms with E-state index in [0.29, 0.717) is 19.3 Å². The molecule has 0 atom stereocenters. The van der Waals surface area contributed by atoms with Crippen LogP contribution in [0, 0.1) is 6.92 Å². The highest BCUT2D eigenvalue weighted by atomic mass is 16.5. The third-order valence-corrected chi connectivity index (χ3v) is 0.448. The molecule has 0 aliphatic carbocycles. The summed E-state index contributed by atoms with van der Waals surface area (Å²) in [5, 5.41) is 0. The van der Waals surface area contributed by atoms with Crippen molar-refractivity contribution in [2.45, 2.75) is 6.42 Å². The van der Waals surface area contributed by atoms with Gasteiger partial charge in [0.15, 0.2) is 0 Å². The van der Waals surface area contributed by atoms with E-state index in [4.69, 9.17) is 6.92 Å². The van der Waals surface area contributed by atoms with Crippen LogP contribution in [0.5, 0.6) is 0 Å². The Balaban J connectivity index is 2.56. The van der Waals surface area contributed by atoms with Gasteiger partial charge in [-0.1, -0.05) is 0 Å². The summed E-state index contributed by atoms with van der Waals surface area (Å²) in [6.07, 6.45) is 1.18. The van der Waals surface area contributed by atoms with Gasteiger partial charge in [-0.05, 0) is 13.3 Å². The van der Waals surface area contributed by atoms with Gasteiger partial charge >= 0.3 is 0 Å². The van der Waals surface area contributed by atoms with Crippen molar-refractivity contribution >= 4 is 6.29 Å². The molecule has 0 amide bonds. The van der Waals surface area contributed by atoms with Crippen LogP contribution in [0.1, 0.15) is 6.42 Å². The molecule has 0 N–H and O–H groups in total. The largest absolute Gasteiger partial charge is 0.374 e. The first kappa shape index (κ1) is 6.63. The van der Waals surface area contributed by atoms with Crippen LogP contribution in [0.15, 0.2) is 0 Å². The van der Waals surface area contributed by atoms with Crippen molar-refractivity contribution in [1.29, 1.82) is 0 Å². The molecule has 0 fully saturated rings. The van der Waals surface area contributed by atoms with E-state index in [-0.39, 0.29) is 6.61 Å². The maximum atomic E-state index is 9.51. The Morgan fingerprint density at radius 1 is 1.71 bits per heavy atom. The van der Waals surface area contributed by atoms with Crippen molar-refractivity contribution < 1.29 is 9.53 Å². The molecule has 0 rings (SSSR count). The molecule has 0 aliphatic heterocycles. The maximum Gasteiger partial charge on any atom is 0.145 e. The van der Waals surface area contributed by atoms with Gasteiger partial charge in [-0.15, -0.1) is 0 Å². The predicted molar refractivity (Wildman–Crippen MR) is 25.8 cm³/mol. The lowest BCUT2D eigenvalue weighted by Gasteiger charge is -1.90. The van der Waals surface area contributed by atoms with E-state index in [1.54, 1.807) is 0 Å². The lowest BCUT2D eigenvalue weighted by molar-refractivity contribution is -0.111. The topological polar surface area (TPSA) is 26.3 Å². The molecule has 0 aliphatic rings. The smallest absolute Gasteiger partial charge is 0.145 e. The van der Waals surface area contributed by atoms with Crippen LogP contribution in [0.2, 0.25) is 0 Å². The average Bonchev–Trinajstić information content (AvgIpc) is 1.69. The molecule has 2 heteroatoms. The Bertz CT molecular complexity index is 43.3. The second-order valence-electron chi connectivity index (χ2n) is 1.03. The molecule has 40 valence electrons. The lowest BCUT2D eigenvalue weighted by atomic mass is 10.5. The Morgan fingerprint density at radius 3 is 2.86 bits per heavy atom. The summed E-state index contributed by atoms with van der Waals surface area (Å²) in [6, 6.07) is 0. The zero-order chi connectivity index (χ0) is 5.54. The van der Waals surface area contributed by atoms with Crippen molar-refractivity contribution in [2.75, 3.05) is 13.2 Å². The summed E-state index contributed by atoms with van der Waals surface area (Å²) < 4.78 is 4.64. The number of hydrogen-bond acceptors (Lipinski definition) is 2. The minimum absolute atomic E-state index is 0.164. The first-order valence-corrected chi connectivity index (χ1v) is 2.13. The molecule has 0 aromatic heterocycles. The van der Waals surface area contributed by atoms with E-state index in [2.05, 4.69) is 4.74 Å². The van der Waals surface area contributed by atoms with Gasteiger partial charge in [-0.2, -0.15) is 0 Å². The van der Waals surface area contributed by atoms with E-state index < -0.39 is 0 Å². The van der Waals surface area contributed by atoms with Crippen molar-refractivity contribution in [2.24, 2.45) is 0 Å². The number of aldehydes is 1. The highest BCUT2D eigenvalue weighted by molar-refractivity contribution is 5.50. The quantitative estimate of drug-likeness (QED) is 0.375. The Labute approximate surface area is 43.5 Å². The molecular weight excluding hydrogens is 92.1 g/mol. The van der Waals surface area contributed by atoms with Crippen molar-refractivity contribution in [3.05, 3.63) is 6.92 Å². The number of ether oxygens (including phenoxy) is 1. The van der Waals surface area contributed by atoms with Crippen molar-refractivity contribution in [1.82, 2.24) is 0 Å². The van der Waals surface area contributed by atoms with E-state index in [9.17, 15) is 4.79 Å². The van der Waals surface area contributed by atoms with Gasteiger partial charge in [0.05, 0.1) is 0 Å². The maximum absolute atomic E-state index is 9.51. The predicted octanol–water partition coefficient (Wildman–Crippen LogP) is 0.303. The van der Waals surface area contributed by atoms with Gasteiger partial charge < -0.3 is 9.53 Å². The molecule has 0 aromatic rings. The van der Waals surface area contributed by atoms with Gasteiger partial charge in [0.2, 0.25) is 0 Å². The zero-order valence-corrected chi connectivity index (χ0v) is 4.09.